The predicted octanol–water partition coefficient (Wildman–Crippen LogP) is 2.61. The van der Waals surface area contributed by atoms with Gasteiger partial charge in [-0.3, -0.25) is 0 Å². The minimum absolute atomic E-state index is 0.244. The molecule has 0 aliphatic heterocycles. The molecule has 4 rings (SSSR count). The van der Waals surface area contributed by atoms with Gasteiger partial charge in [-0.1, -0.05) is 6.07 Å². The quantitative estimate of drug-likeness (QED) is 0.631. The lowest BCUT2D eigenvalue weighted by molar-refractivity contribution is 0.450. The number of benzene rings is 1. The molecule has 7 heteroatoms. The lowest BCUT2D eigenvalue weighted by Gasteiger charge is -2.06. The highest BCUT2D eigenvalue weighted by molar-refractivity contribution is 5.88. The first-order chi connectivity index (χ1) is 11.2. The third kappa shape index (κ3) is 2.12. The molecule has 1 aromatic carbocycles. The van der Waals surface area contributed by atoms with Gasteiger partial charge in [0, 0.05) is 11.8 Å². The SMILES string of the molecule is Cc1nc(N)nn2ccc(-c3ccc4ncn(CCF)c4c3)c12. The van der Waals surface area contributed by atoms with E-state index in [9.17, 15) is 4.39 Å². The van der Waals surface area contributed by atoms with Crippen molar-refractivity contribution in [1.29, 1.82) is 0 Å². The van der Waals surface area contributed by atoms with E-state index in [0.717, 1.165) is 33.4 Å². The number of anilines is 1. The van der Waals surface area contributed by atoms with Crippen LogP contribution in [0.4, 0.5) is 10.3 Å². The van der Waals surface area contributed by atoms with Crippen LogP contribution in [0.3, 0.4) is 0 Å². The molecule has 0 aliphatic rings. The van der Waals surface area contributed by atoms with Gasteiger partial charge in [-0.25, -0.2) is 18.9 Å². The summed E-state index contributed by atoms with van der Waals surface area (Å²) in [5.74, 6) is 0.244. The second-order valence-corrected chi connectivity index (χ2v) is 5.41. The number of halogens is 1. The van der Waals surface area contributed by atoms with Crippen LogP contribution in [0, 0.1) is 6.92 Å². The summed E-state index contributed by atoms with van der Waals surface area (Å²) in [6.45, 7) is 1.79. The molecular formula is C16H15FN6. The molecule has 0 unspecified atom stereocenters. The Kier molecular flexibility index (Phi) is 3.00. The molecular weight excluding hydrogens is 295 g/mol. The topological polar surface area (TPSA) is 74.0 Å². The molecule has 0 bridgehead atoms. The van der Waals surface area contributed by atoms with Gasteiger partial charge >= 0.3 is 0 Å². The van der Waals surface area contributed by atoms with Crippen molar-refractivity contribution in [3.63, 3.8) is 0 Å². The second-order valence-electron chi connectivity index (χ2n) is 5.41. The number of fused-ring (bicyclic) bond motifs is 2. The van der Waals surface area contributed by atoms with Crippen LogP contribution in [0.15, 0.2) is 36.8 Å². The Labute approximate surface area is 131 Å². The molecule has 0 atom stereocenters. The Morgan fingerprint density at radius 3 is 2.96 bits per heavy atom. The molecule has 0 amide bonds. The monoisotopic (exact) mass is 310 g/mol. The number of nitrogen functional groups attached to an aromatic ring is 1. The maximum atomic E-state index is 12.7. The summed E-state index contributed by atoms with van der Waals surface area (Å²) in [5.41, 5.74) is 11.2. The number of nitrogens with zero attached hydrogens (tertiary/aromatic N) is 5. The van der Waals surface area contributed by atoms with Gasteiger partial charge in [-0.15, -0.1) is 5.10 Å². The van der Waals surface area contributed by atoms with Crippen molar-refractivity contribution in [2.24, 2.45) is 0 Å². The molecule has 0 saturated heterocycles. The van der Waals surface area contributed by atoms with Crippen LogP contribution in [0.5, 0.6) is 0 Å². The zero-order valence-electron chi connectivity index (χ0n) is 12.6. The largest absolute Gasteiger partial charge is 0.367 e. The lowest BCUT2D eigenvalue weighted by Crippen LogP contribution is -2.03. The fraction of sp³-hybridized carbons (Fsp3) is 0.188. The first kappa shape index (κ1) is 13.7. The minimum Gasteiger partial charge on any atom is -0.367 e. The zero-order chi connectivity index (χ0) is 16.0. The van der Waals surface area contributed by atoms with Gasteiger partial charge in [0.15, 0.2) is 0 Å². The number of hydrogen-bond donors (Lipinski definition) is 1. The number of hydrogen-bond acceptors (Lipinski definition) is 4. The summed E-state index contributed by atoms with van der Waals surface area (Å²) >= 11 is 0. The normalized spacial score (nSPS) is 11.6. The van der Waals surface area contributed by atoms with Gasteiger partial charge < -0.3 is 10.3 Å². The summed E-state index contributed by atoms with van der Waals surface area (Å²) in [4.78, 5) is 8.54. The Hall–Kier alpha value is -2.96. The van der Waals surface area contributed by atoms with Crippen molar-refractivity contribution in [3.8, 4) is 11.1 Å². The van der Waals surface area contributed by atoms with Crippen molar-refractivity contribution in [2.45, 2.75) is 13.5 Å². The van der Waals surface area contributed by atoms with E-state index in [1.165, 1.54) is 0 Å². The van der Waals surface area contributed by atoms with Crippen molar-refractivity contribution >= 4 is 22.5 Å². The standard InChI is InChI=1S/C16H15FN6/c1-10-15-12(4-6-23(15)21-16(18)20-10)11-2-3-13-14(8-11)22(7-5-17)9-19-13/h2-4,6,8-9H,5,7H2,1H3,(H2,18,21). The maximum absolute atomic E-state index is 12.7. The van der Waals surface area contributed by atoms with Gasteiger partial charge in [-0.05, 0) is 30.7 Å². The number of aromatic nitrogens is 5. The minimum atomic E-state index is -0.420. The average Bonchev–Trinajstić information content (AvgIpc) is 3.11. The van der Waals surface area contributed by atoms with Crippen LogP contribution in [-0.2, 0) is 6.54 Å². The van der Waals surface area contributed by atoms with Crippen LogP contribution < -0.4 is 5.73 Å². The molecule has 23 heavy (non-hydrogen) atoms. The molecule has 4 aromatic rings. The molecule has 0 aliphatic carbocycles. The molecule has 2 N–H and O–H groups in total. The van der Waals surface area contributed by atoms with Crippen molar-refractivity contribution in [1.82, 2.24) is 24.1 Å². The molecule has 0 radical (unpaired) electrons. The highest BCUT2D eigenvalue weighted by atomic mass is 19.1. The summed E-state index contributed by atoms with van der Waals surface area (Å²) in [6.07, 6.45) is 3.53. The molecule has 0 spiro atoms. The Morgan fingerprint density at radius 2 is 2.13 bits per heavy atom. The Morgan fingerprint density at radius 1 is 1.26 bits per heavy atom. The first-order valence-electron chi connectivity index (χ1n) is 7.30. The number of aryl methyl sites for hydroxylation is 2. The average molecular weight is 310 g/mol. The van der Waals surface area contributed by atoms with Crippen molar-refractivity contribution in [3.05, 3.63) is 42.5 Å². The maximum Gasteiger partial charge on any atom is 0.238 e. The Bertz CT molecular complexity index is 1020. The number of rotatable bonds is 3. The van der Waals surface area contributed by atoms with E-state index in [1.807, 2.05) is 42.0 Å². The van der Waals surface area contributed by atoms with Crippen LogP contribution in [0.1, 0.15) is 5.69 Å². The van der Waals surface area contributed by atoms with Crippen LogP contribution in [0.2, 0.25) is 0 Å². The number of nitrogens with two attached hydrogens (primary N) is 1. The molecule has 3 aromatic heterocycles. The van der Waals surface area contributed by atoms with Gasteiger partial charge in [-0.2, -0.15) is 0 Å². The van der Waals surface area contributed by atoms with Crippen LogP contribution >= 0.6 is 0 Å². The molecule has 0 saturated carbocycles. The summed E-state index contributed by atoms with van der Waals surface area (Å²) < 4.78 is 16.2. The van der Waals surface area contributed by atoms with Crippen LogP contribution in [-0.4, -0.2) is 30.8 Å². The van der Waals surface area contributed by atoms with E-state index >= 15 is 0 Å². The van der Waals surface area contributed by atoms with E-state index in [4.69, 9.17) is 5.73 Å². The fourth-order valence-corrected chi connectivity index (χ4v) is 2.95. The zero-order valence-corrected chi connectivity index (χ0v) is 12.6. The summed E-state index contributed by atoms with van der Waals surface area (Å²) in [5, 5.41) is 4.20. The van der Waals surface area contributed by atoms with E-state index in [2.05, 4.69) is 15.1 Å². The van der Waals surface area contributed by atoms with Crippen molar-refractivity contribution < 1.29 is 4.39 Å². The van der Waals surface area contributed by atoms with Gasteiger partial charge in [0.2, 0.25) is 5.95 Å². The van der Waals surface area contributed by atoms with E-state index < -0.39 is 6.67 Å². The summed E-state index contributed by atoms with van der Waals surface area (Å²) in [7, 11) is 0. The lowest BCUT2D eigenvalue weighted by atomic mass is 10.1. The first-order valence-corrected chi connectivity index (χ1v) is 7.30. The van der Waals surface area contributed by atoms with Crippen molar-refractivity contribution in [2.75, 3.05) is 12.4 Å². The third-order valence-corrected chi connectivity index (χ3v) is 3.96. The molecule has 6 nitrogen and oxygen atoms in total. The molecule has 0 fully saturated rings. The number of alkyl halides is 1. The Balaban J connectivity index is 1.93. The summed E-state index contributed by atoms with van der Waals surface area (Å²) in [6, 6.07) is 7.94. The van der Waals surface area contributed by atoms with Gasteiger partial charge in [0.1, 0.15) is 6.67 Å². The smallest absolute Gasteiger partial charge is 0.238 e. The third-order valence-electron chi connectivity index (χ3n) is 3.96. The van der Waals surface area contributed by atoms with E-state index in [0.29, 0.717) is 6.54 Å². The number of imidazole rings is 1. The van der Waals surface area contributed by atoms with Crippen LogP contribution in [0.25, 0.3) is 27.7 Å². The highest BCUT2D eigenvalue weighted by Gasteiger charge is 2.12. The van der Waals surface area contributed by atoms with E-state index in [1.54, 1.807) is 10.8 Å². The molecule has 3 heterocycles. The second kappa shape index (κ2) is 5.05. The highest BCUT2D eigenvalue weighted by Crippen LogP contribution is 2.29. The predicted molar refractivity (Wildman–Crippen MR) is 86.8 cm³/mol. The van der Waals surface area contributed by atoms with Gasteiger partial charge in [0.25, 0.3) is 0 Å². The fourth-order valence-electron chi connectivity index (χ4n) is 2.95. The molecule has 116 valence electrons. The van der Waals surface area contributed by atoms with Gasteiger partial charge in [0.05, 0.1) is 35.1 Å². The van der Waals surface area contributed by atoms with E-state index in [-0.39, 0.29) is 5.95 Å².